The molecule has 0 unspecified atom stereocenters. The zero-order chi connectivity index (χ0) is 11.5. The Morgan fingerprint density at radius 2 is 1.67 bits per heavy atom. The van der Waals surface area contributed by atoms with Gasteiger partial charge in [0.05, 0.1) is 13.1 Å². The minimum absolute atomic E-state index is 0.207. The molecule has 0 aliphatic heterocycles. The summed E-state index contributed by atoms with van der Waals surface area (Å²) in [5.74, 6) is 0. The molecule has 0 aromatic heterocycles. The highest BCUT2D eigenvalue weighted by Crippen LogP contribution is 2.31. The maximum atomic E-state index is 7.00. The fourth-order valence-corrected chi connectivity index (χ4v) is 1.48. The van der Waals surface area contributed by atoms with Gasteiger partial charge in [-0.15, -0.1) is 0 Å². The summed E-state index contributed by atoms with van der Waals surface area (Å²) in [4.78, 5) is 6.68. The van der Waals surface area contributed by atoms with E-state index in [0.717, 1.165) is 12.0 Å². The van der Waals surface area contributed by atoms with Crippen LogP contribution in [0.5, 0.6) is 0 Å². The summed E-state index contributed by atoms with van der Waals surface area (Å²) in [5.41, 5.74) is 2.24. The van der Waals surface area contributed by atoms with Crippen LogP contribution in [0.1, 0.15) is 26.3 Å². The molecule has 0 atom stereocenters. The highest BCUT2D eigenvalue weighted by molar-refractivity contribution is 5.71. The minimum Gasteiger partial charge on any atom is -0.250 e. The lowest BCUT2D eigenvalue weighted by molar-refractivity contribution is 0.411. The molecule has 0 radical (unpaired) electrons. The van der Waals surface area contributed by atoms with Crippen molar-refractivity contribution in [2.75, 3.05) is 0 Å². The molecule has 0 bridgehead atoms. The van der Waals surface area contributed by atoms with Gasteiger partial charge in [0, 0.05) is 0 Å². The second-order valence-corrected chi connectivity index (χ2v) is 4.78. The first kappa shape index (κ1) is 11.3. The predicted octanol–water partition coefficient (Wildman–Crippen LogP) is 4.38. The lowest BCUT2D eigenvalue weighted by atomic mass is 9.88. The number of benzene rings is 1. The number of hydrogen-bond donors (Lipinski definition) is 0. The smallest absolute Gasteiger partial charge is 0.194 e. The fraction of sp³-hybridized carbons (Fsp3) is 0.385. The summed E-state index contributed by atoms with van der Waals surface area (Å²) in [7, 11) is 0. The summed E-state index contributed by atoms with van der Waals surface area (Å²) in [5, 5.41) is 0. The van der Waals surface area contributed by atoms with Gasteiger partial charge >= 0.3 is 0 Å². The van der Waals surface area contributed by atoms with Crippen LogP contribution in [0.25, 0.3) is 9.69 Å². The van der Waals surface area contributed by atoms with Crippen LogP contribution in [-0.4, -0.2) is 0 Å². The van der Waals surface area contributed by atoms with Gasteiger partial charge in [-0.05, 0) is 11.8 Å². The normalized spacial score (nSPS) is 10.5. The minimum atomic E-state index is 0.207. The monoisotopic (exact) mass is 198 g/mol. The predicted molar refractivity (Wildman–Crippen MR) is 62.1 cm³/mol. The average Bonchev–Trinajstić information content (AvgIpc) is 2.15. The van der Waals surface area contributed by atoms with Gasteiger partial charge in [-0.25, -0.2) is 0 Å². The molecule has 0 fully saturated rings. The zero-order valence-electron chi connectivity index (χ0n) is 9.33. The van der Waals surface area contributed by atoms with E-state index in [9.17, 15) is 0 Å². The first-order chi connectivity index (χ1) is 6.96. The third-order valence-corrected chi connectivity index (χ3v) is 2.02. The number of hydrogen-bond acceptors (Lipinski definition) is 0. The van der Waals surface area contributed by atoms with Crippen LogP contribution in [0.2, 0.25) is 0 Å². The number of nitrogens with zero attached hydrogens (tertiary/aromatic N) is 2. The molecule has 0 saturated carbocycles. The summed E-state index contributed by atoms with van der Waals surface area (Å²) in [6.45, 7) is 20.4. The van der Waals surface area contributed by atoms with Crippen molar-refractivity contribution in [2.45, 2.75) is 27.2 Å². The van der Waals surface area contributed by atoms with E-state index in [2.05, 4.69) is 30.5 Å². The van der Waals surface area contributed by atoms with Crippen molar-refractivity contribution in [1.29, 1.82) is 0 Å². The van der Waals surface area contributed by atoms with E-state index in [1.54, 1.807) is 6.07 Å². The van der Waals surface area contributed by atoms with Crippen molar-refractivity contribution in [3.63, 3.8) is 0 Å². The van der Waals surface area contributed by atoms with Gasteiger partial charge in [-0.2, -0.15) is 0 Å². The molecule has 2 heteroatoms. The Hall–Kier alpha value is -1.80. The molecule has 0 amide bonds. The summed E-state index contributed by atoms with van der Waals surface area (Å²) in [6, 6.07) is 5.50. The van der Waals surface area contributed by atoms with Crippen LogP contribution in [0.4, 0.5) is 11.4 Å². The molecule has 1 aromatic rings. The van der Waals surface area contributed by atoms with Crippen molar-refractivity contribution in [1.82, 2.24) is 0 Å². The summed E-state index contributed by atoms with van der Waals surface area (Å²) < 4.78 is 0. The van der Waals surface area contributed by atoms with Crippen molar-refractivity contribution in [2.24, 2.45) is 5.41 Å². The standard InChI is InChI=1S/C13H14N2/c1-13(2,3)9-10-6-7-11(14-4)12(8-10)15-5/h6-8H,9H2,1-3H3. The molecular weight excluding hydrogens is 184 g/mol. The second-order valence-electron chi connectivity index (χ2n) is 4.78. The van der Waals surface area contributed by atoms with Crippen molar-refractivity contribution < 1.29 is 0 Å². The molecule has 15 heavy (non-hydrogen) atoms. The molecule has 2 nitrogen and oxygen atoms in total. The van der Waals surface area contributed by atoms with Crippen molar-refractivity contribution >= 4 is 11.4 Å². The average molecular weight is 198 g/mol. The molecule has 0 spiro atoms. The quantitative estimate of drug-likeness (QED) is 0.592. The van der Waals surface area contributed by atoms with Crippen LogP contribution < -0.4 is 0 Å². The van der Waals surface area contributed by atoms with Gasteiger partial charge in [0.1, 0.15) is 0 Å². The highest BCUT2D eigenvalue weighted by atomic mass is 14.7. The highest BCUT2D eigenvalue weighted by Gasteiger charge is 2.12. The van der Waals surface area contributed by atoms with Crippen LogP contribution in [0, 0.1) is 18.6 Å². The third-order valence-electron chi connectivity index (χ3n) is 2.02. The molecular formula is C13H14N2. The molecule has 0 aliphatic rings. The Morgan fingerprint density at radius 3 is 2.13 bits per heavy atom. The molecule has 0 N–H and O–H groups in total. The van der Waals surface area contributed by atoms with E-state index in [1.165, 1.54) is 0 Å². The van der Waals surface area contributed by atoms with Crippen LogP contribution >= 0.6 is 0 Å². The Morgan fingerprint density at radius 1 is 1.07 bits per heavy atom. The van der Waals surface area contributed by atoms with E-state index in [0.29, 0.717) is 11.4 Å². The van der Waals surface area contributed by atoms with Gasteiger partial charge in [-0.1, -0.05) is 44.5 Å². The van der Waals surface area contributed by atoms with Crippen molar-refractivity contribution in [3.8, 4) is 0 Å². The molecule has 0 heterocycles. The van der Waals surface area contributed by atoms with E-state index < -0.39 is 0 Å². The molecule has 76 valence electrons. The van der Waals surface area contributed by atoms with Gasteiger partial charge < -0.3 is 0 Å². The van der Waals surface area contributed by atoms with E-state index in [-0.39, 0.29) is 5.41 Å². The van der Waals surface area contributed by atoms with Gasteiger partial charge in [0.25, 0.3) is 0 Å². The molecule has 1 rings (SSSR count). The first-order valence-corrected chi connectivity index (χ1v) is 4.84. The second kappa shape index (κ2) is 4.15. The lowest BCUT2D eigenvalue weighted by Gasteiger charge is -2.18. The zero-order valence-corrected chi connectivity index (χ0v) is 9.33. The van der Waals surface area contributed by atoms with E-state index >= 15 is 0 Å². The summed E-state index contributed by atoms with van der Waals surface area (Å²) >= 11 is 0. The maximum Gasteiger partial charge on any atom is 0.194 e. The fourth-order valence-electron chi connectivity index (χ4n) is 1.48. The van der Waals surface area contributed by atoms with Gasteiger partial charge in [0.2, 0.25) is 0 Å². The van der Waals surface area contributed by atoms with Gasteiger partial charge in [-0.3, -0.25) is 9.69 Å². The maximum absolute atomic E-state index is 7.00. The van der Waals surface area contributed by atoms with Crippen LogP contribution in [0.15, 0.2) is 18.2 Å². The van der Waals surface area contributed by atoms with E-state index in [4.69, 9.17) is 13.1 Å². The van der Waals surface area contributed by atoms with Gasteiger partial charge in [0.15, 0.2) is 11.4 Å². The van der Waals surface area contributed by atoms with Crippen molar-refractivity contribution in [3.05, 3.63) is 46.6 Å². The van der Waals surface area contributed by atoms with Crippen LogP contribution in [0.3, 0.4) is 0 Å². The largest absolute Gasteiger partial charge is 0.250 e. The topological polar surface area (TPSA) is 8.72 Å². The SMILES string of the molecule is [C-]#[N+]c1ccc(CC(C)(C)C)cc1[N+]#[C-]. The Balaban J connectivity index is 3.07. The van der Waals surface area contributed by atoms with E-state index in [1.807, 2.05) is 12.1 Å². The lowest BCUT2D eigenvalue weighted by Crippen LogP contribution is -2.08. The van der Waals surface area contributed by atoms with Crippen LogP contribution in [-0.2, 0) is 6.42 Å². The third kappa shape index (κ3) is 3.11. The Kier molecular flexibility index (Phi) is 3.12. The Labute approximate surface area is 91.2 Å². The summed E-state index contributed by atoms with van der Waals surface area (Å²) in [6.07, 6.45) is 0.924. The Bertz CT molecular complexity index is 439. The first-order valence-electron chi connectivity index (χ1n) is 4.84. The molecule has 0 saturated heterocycles. The number of rotatable bonds is 1. The molecule has 0 aliphatic carbocycles. The molecule has 1 aromatic carbocycles.